The van der Waals surface area contributed by atoms with Crippen molar-refractivity contribution in [2.75, 3.05) is 11.1 Å². The molecule has 7 heteroatoms. The summed E-state index contributed by atoms with van der Waals surface area (Å²) >= 11 is 1.62. The van der Waals surface area contributed by atoms with Gasteiger partial charge in [0.2, 0.25) is 0 Å². The Morgan fingerprint density at radius 2 is 2.17 bits per heavy atom. The van der Waals surface area contributed by atoms with Gasteiger partial charge in [-0.3, -0.25) is 4.79 Å². The number of nitrogens with zero attached hydrogens (tertiary/aromatic N) is 3. The fourth-order valence-corrected chi connectivity index (χ4v) is 3.35. The van der Waals surface area contributed by atoms with Crippen LogP contribution in [-0.4, -0.2) is 32.5 Å². The number of hydrogen-bond donors (Lipinski definition) is 1. The van der Waals surface area contributed by atoms with Gasteiger partial charge in [0.1, 0.15) is 5.75 Å². The highest BCUT2D eigenvalue weighted by molar-refractivity contribution is 7.99. The number of anilines is 1. The van der Waals surface area contributed by atoms with Crippen molar-refractivity contribution in [3.8, 4) is 11.6 Å². The van der Waals surface area contributed by atoms with Crippen molar-refractivity contribution in [3.05, 3.63) is 61.1 Å². The molecule has 1 aliphatic rings. The normalized spacial score (nSPS) is 16.1. The Bertz CT molecular complexity index is 849. The SMILES string of the molecule is O=C(Nc1ccc(-n2cccn2)nc1)C1CSc2ccccc2O1. The van der Waals surface area contributed by atoms with E-state index in [9.17, 15) is 4.79 Å². The van der Waals surface area contributed by atoms with Gasteiger partial charge in [-0.1, -0.05) is 12.1 Å². The Morgan fingerprint density at radius 1 is 1.25 bits per heavy atom. The van der Waals surface area contributed by atoms with Gasteiger partial charge in [-0.2, -0.15) is 5.10 Å². The summed E-state index contributed by atoms with van der Waals surface area (Å²) in [5.41, 5.74) is 0.628. The summed E-state index contributed by atoms with van der Waals surface area (Å²) in [6.45, 7) is 0. The van der Waals surface area contributed by atoms with E-state index in [4.69, 9.17) is 4.74 Å². The molecular weight excluding hydrogens is 324 g/mol. The second-order valence-corrected chi connectivity index (χ2v) is 6.27. The lowest BCUT2D eigenvalue weighted by Gasteiger charge is -2.24. The summed E-state index contributed by atoms with van der Waals surface area (Å²) in [6, 6.07) is 13.2. The van der Waals surface area contributed by atoms with E-state index in [2.05, 4.69) is 15.4 Å². The van der Waals surface area contributed by atoms with Crippen molar-refractivity contribution in [1.82, 2.24) is 14.8 Å². The third kappa shape index (κ3) is 2.98. The Kier molecular flexibility index (Phi) is 3.92. The third-order valence-electron chi connectivity index (χ3n) is 3.56. The first-order valence-corrected chi connectivity index (χ1v) is 8.43. The molecule has 0 saturated carbocycles. The highest BCUT2D eigenvalue weighted by Gasteiger charge is 2.26. The Labute approximate surface area is 142 Å². The van der Waals surface area contributed by atoms with Crippen LogP contribution in [0.2, 0.25) is 0 Å². The molecule has 1 unspecified atom stereocenters. The number of carbonyl (C=O) groups is 1. The molecule has 0 fully saturated rings. The van der Waals surface area contributed by atoms with Gasteiger partial charge in [0.25, 0.3) is 5.91 Å². The predicted molar refractivity (Wildman–Crippen MR) is 91.6 cm³/mol. The molecule has 0 aliphatic carbocycles. The zero-order chi connectivity index (χ0) is 16.4. The van der Waals surface area contributed by atoms with Gasteiger partial charge >= 0.3 is 0 Å². The first kappa shape index (κ1) is 14.8. The van der Waals surface area contributed by atoms with Crippen molar-refractivity contribution < 1.29 is 9.53 Å². The smallest absolute Gasteiger partial charge is 0.266 e. The Hall–Kier alpha value is -2.80. The monoisotopic (exact) mass is 338 g/mol. The molecule has 1 aromatic carbocycles. The largest absolute Gasteiger partial charge is 0.479 e. The van der Waals surface area contributed by atoms with E-state index in [1.54, 1.807) is 41.0 Å². The third-order valence-corrected chi connectivity index (χ3v) is 4.67. The number of aromatic nitrogens is 3. The number of ether oxygens (including phenoxy) is 1. The van der Waals surface area contributed by atoms with Gasteiger partial charge < -0.3 is 10.1 Å². The highest BCUT2D eigenvalue weighted by Crippen LogP contribution is 2.35. The molecular formula is C17H14N4O2S. The van der Waals surface area contributed by atoms with Crippen LogP contribution in [0.3, 0.4) is 0 Å². The Morgan fingerprint density at radius 3 is 2.96 bits per heavy atom. The van der Waals surface area contributed by atoms with E-state index in [0.29, 0.717) is 17.3 Å². The maximum atomic E-state index is 12.4. The van der Waals surface area contributed by atoms with Crippen LogP contribution in [0, 0.1) is 0 Å². The molecule has 0 bridgehead atoms. The quantitative estimate of drug-likeness (QED) is 0.795. The van der Waals surface area contributed by atoms with E-state index < -0.39 is 6.10 Å². The molecule has 2 aromatic heterocycles. The molecule has 0 saturated heterocycles. The lowest BCUT2D eigenvalue weighted by molar-refractivity contribution is -0.122. The minimum Gasteiger partial charge on any atom is -0.479 e. The number of para-hydroxylation sites is 1. The first-order chi connectivity index (χ1) is 11.8. The number of amides is 1. The van der Waals surface area contributed by atoms with Crippen LogP contribution in [0.15, 0.2) is 66.0 Å². The van der Waals surface area contributed by atoms with Crippen LogP contribution < -0.4 is 10.1 Å². The lowest BCUT2D eigenvalue weighted by atomic mass is 10.3. The molecule has 24 heavy (non-hydrogen) atoms. The molecule has 3 heterocycles. The van der Waals surface area contributed by atoms with Gasteiger partial charge in [0, 0.05) is 23.0 Å². The standard InChI is InChI=1S/C17H14N4O2S/c22-17(14-11-24-15-5-2-1-4-13(15)23-14)20-12-6-7-16(18-10-12)21-9-3-8-19-21/h1-10,14H,11H2,(H,20,22). The van der Waals surface area contributed by atoms with Crippen LogP contribution in [0.1, 0.15) is 0 Å². The molecule has 6 nitrogen and oxygen atoms in total. The van der Waals surface area contributed by atoms with Crippen LogP contribution in [0.4, 0.5) is 5.69 Å². The van der Waals surface area contributed by atoms with Crippen molar-refractivity contribution in [2.24, 2.45) is 0 Å². The zero-order valence-corrected chi connectivity index (χ0v) is 13.4. The maximum absolute atomic E-state index is 12.4. The molecule has 1 amide bonds. The van der Waals surface area contributed by atoms with Crippen molar-refractivity contribution in [3.63, 3.8) is 0 Å². The first-order valence-electron chi connectivity index (χ1n) is 7.45. The zero-order valence-electron chi connectivity index (χ0n) is 12.6. The highest BCUT2D eigenvalue weighted by atomic mass is 32.2. The molecule has 120 valence electrons. The summed E-state index contributed by atoms with van der Waals surface area (Å²) in [5.74, 6) is 1.85. The molecule has 1 aliphatic heterocycles. The van der Waals surface area contributed by atoms with Gasteiger partial charge in [-0.15, -0.1) is 11.8 Å². The summed E-state index contributed by atoms with van der Waals surface area (Å²) in [4.78, 5) is 17.8. The summed E-state index contributed by atoms with van der Waals surface area (Å²) in [5, 5.41) is 6.96. The van der Waals surface area contributed by atoms with E-state index in [0.717, 1.165) is 10.6 Å². The fourth-order valence-electron chi connectivity index (χ4n) is 2.37. The van der Waals surface area contributed by atoms with Crippen molar-refractivity contribution in [2.45, 2.75) is 11.0 Å². The number of thioether (sulfide) groups is 1. The molecule has 4 rings (SSSR count). The maximum Gasteiger partial charge on any atom is 0.266 e. The molecule has 0 radical (unpaired) electrons. The van der Waals surface area contributed by atoms with E-state index >= 15 is 0 Å². The topological polar surface area (TPSA) is 69.0 Å². The number of pyridine rings is 1. The van der Waals surface area contributed by atoms with Crippen molar-refractivity contribution in [1.29, 1.82) is 0 Å². The second-order valence-electron chi connectivity index (χ2n) is 5.21. The molecule has 1 N–H and O–H groups in total. The van der Waals surface area contributed by atoms with Gasteiger partial charge in [-0.25, -0.2) is 9.67 Å². The summed E-state index contributed by atoms with van der Waals surface area (Å²) in [7, 11) is 0. The summed E-state index contributed by atoms with van der Waals surface area (Å²) in [6.07, 6.45) is 4.59. The van der Waals surface area contributed by atoms with E-state index in [1.807, 2.05) is 36.5 Å². The fraction of sp³-hybridized carbons (Fsp3) is 0.118. The van der Waals surface area contributed by atoms with E-state index in [-0.39, 0.29) is 5.91 Å². The second kappa shape index (κ2) is 6.37. The predicted octanol–water partition coefficient (Wildman–Crippen LogP) is 2.76. The number of rotatable bonds is 3. The Balaban J connectivity index is 1.43. The molecule has 1 atom stereocenters. The summed E-state index contributed by atoms with van der Waals surface area (Å²) < 4.78 is 7.44. The van der Waals surface area contributed by atoms with Gasteiger partial charge in [0.15, 0.2) is 11.9 Å². The number of hydrogen-bond acceptors (Lipinski definition) is 5. The minimum absolute atomic E-state index is 0.175. The van der Waals surface area contributed by atoms with Crippen LogP contribution >= 0.6 is 11.8 Å². The van der Waals surface area contributed by atoms with E-state index in [1.165, 1.54) is 0 Å². The number of fused-ring (bicyclic) bond motifs is 1. The van der Waals surface area contributed by atoms with Crippen molar-refractivity contribution >= 4 is 23.4 Å². The van der Waals surface area contributed by atoms with Crippen LogP contribution in [-0.2, 0) is 4.79 Å². The van der Waals surface area contributed by atoms with Gasteiger partial charge in [-0.05, 0) is 30.3 Å². The van der Waals surface area contributed by atoms with Crippen LogP contribution in [0.25, 0.3) is 5.82 Å². The number of benzene rings is 1. The average Bonchev–Trinajstić information content (AvgIpc) is 3.16. The minimum atomic E-state index is -0.518. The number of nitrogens with one attached hydrogen (secondary N) is 1. The number of carbonyl (C=O) groups excluding carboxylic acids is 1. The van der Waals surface area contributed by atoms with Crippen LogP contribution in [0.5, 0.6) is 5.75 Å². The lowest BCUT2D eigenvalue weighted by Crippen LogP contribution is -2.36. The molecule has 3 aromatic rings. The van der Waals surface area contributed by atoms with Gasteiger partial charge in [0.05, 0.1) is 11.9 Å². The molecule has 0 spiro atoms. The average molecular weight is 338 g/mol.